The molecule has 0 aliphatic rings. The monoisotopic (exact) mass is 434 g/mol. The summed E-state index contributed by atoms with van der Waals surface area (Å²) in [7, 11) is 0. The van der Waals surface area contributed by atoms with Crippen LogP contribution in [0.4, 0.5) is 0 Å². The Labute approximate surface area is 178 Å². The van der Waals surface area contributed by atoms with Crippen molar-refractivity contribution >= 4 is 40.7 Å². The van der Waals surface area contributed by atoms with E-state index in [0.29, 0.717) is 44.2 Å². The number of carbonyl (C=O) groups excluding carboxylic acids is 1. The van der Waals surface area contributed by atoms with Gasteiger partial charge in [-0.1, -0.05) is 46.9 Å². The van der Waals surface area contributed by atoms with Gasteiger partial charge in [-0.25, -0.2) is 4.98 Å². The smallest absolute Gasteiger partial charge is 0.257 e. The zero-order chi connectivity index (χ0) is 20.3. The maximum atomic E-state index is 12.9. The molecule has 0 saturated heterocycles. The number of rotatable bonds is 5. The van der Waals surface area contributed by atoms with Gasteiger partial charge in [0.2, 0.25) is 5.88 Å². The Morgan fingerprint density at radius 1 is 0.964 bits per heavy atom. The highest BCUT2D eigenvalue weighted by molar-refractivity contribution is 6.32. The van der Waals surface area contributed by atoms with Gasteiger partial charge >= 0.3 is 0 Å². The molecule has 1 aromatic heterocycles. The number of amides is 1. The number of hydrogen-bond acceptors (Lipinski definition) is 3. The molecule has 7 heteroatoms. The van der Waals surface area contributed by atoms with Crippen LogP contribution in [0.15, 0.2) is 48.5 Å². The van der Waals surface area contributed by atoms with Gasteiger partial charge < -0.3 is 10.1 Å². The van der Waals surface area contributed by atoms with Crippen molar-refractivity contribution < 1.29 is 9.53 Å². The van der Waals surface area contributed by atoms with Crippen molar-refractivity contribution in [3.05, 3.63) is 86.0 Å². The molecule has 3 aromatic rings. The fourth-order valence-electron chi connectivity index (χ4n) is 2.63. The molecule has 0 bridgehead atoms. The van der Waals surface area contributed by atoms with Crippen molar-refractivity contribution in [1.82, 2.24) is 10.3 Å². The Morgan fingerprint density at radius 2 is 1.54 bits per heavy atom. The molecule has 0 spiro atoms. The minimum absolute atomic E-state index is 0.190. The Kier molecular flexibility index (Phi) is 6.45. The number of halogens is 3. The van der Waals surface area contributed by atoms with E-state index in [0.717, 1.165) is 5.56 Å². The second-order valence-corrected chi connectivity index (χ2v) is 7.43. The van der Waals surface area contributed by atoms with Gasteiger partial charge in [0.1, 0.15) is 11.3 Å². The maximum absolute atomic E-state index is 12.9. The zero-order valence-corrected chi connectivity index (χ0v) is 17.5. The quantitative estimate of drug-likeness (QED) is 0.506. The molecule has 1 amide bonds. The Bertz CT molecular complexity index is 1000. The number of nitrogens with zero attached hydrogens (tertiary/aromatic N) is 1. The summed E-state index contributed by atoms with van der Waals surface area (Å²) < 4.78 is 5.86. The fourth-order valence-corrected chi connectivity index (χ4v) is 3.02. The molecule has 0 aliphatic heterocycles. The van der Waals surface area contributed by atoms with Crippen LogP contribution < -0.4 is 10.1 Å². The number of aromatic nitrogens is 1. The van der Waals surface area contributed by atoms with Gasteiger partial charge in [0.25, 0.3) is 5.91 Å². The summed E-state index contributed by atoms with van der Waals surface area (Å²) in [6.07, 6.45) is 0. The van der Waals surface area contributed by atoms with Crippen LogP contribution in [0.25, 0.3) is 0 Å². The SMILES string of the molecule is Cc1nc(Oc2ccc(Cl)cc2)c(C(=O)NCc2ccc(Cl)cc2)c(C)c1Cl. The van der Waals surface area contributed by atoms with Gasteiger partial charge in [0.05, 0.1) is 10.7 Å². The lowest BCUT2D eigenvalue weighted by Gasteiger charge is -2.15. The first-order valence-corrected chi connectivity index (χ1v) is 9.61. The maximum Gasteiger partial charge on any atom is 0.257 e. The molecule has 28 heavy (non-hydrogen) atoms. The number of ether oxygens (including phenoxy) is 1. The van der Waals surface area contributed by atoms with Gasteiger partial charge in [-0.2, -0.15) is 0 Å². The summed E-state index contributed by atoms with van der Waals surface area (Å²) in [6, 6.07) is 14.1. The van der Waals surface area contributed by atoms with Crippen molar-refractivity contribution in [1.29, 1.82) is 0 Å². The van der Waals surface area contributed by atoms with E-state index in [4.69, 9.17) is 39.5 Å². The predicted molar refractivity (Wildman–Crippen MR) is 113 cm³/mol. The van der Waals surface area contributed by atoms with Crippen LogP contribution in [0.1, 0.15) is 27.2 Å². The van der Waals surface area contributed by atoms with Crippen LogP contribution in [-0.2, 0) is 6.54 Å². The summed E-state index contributed by atoms with van der Waals surface area (Å²) in [4.78, 5) is 17.3. The molecule has 3 rings (SSSR count). The molecule has 0 unspecified atom stereocenters. The van der Waals surface area contributed by atoms with Gasteiger partial charge in [0.15, 0.2) is 0 Å². The van der Waals surface area contributed by atoms with Crippen molar-refractivity contribution in [3.63, 3.8) is 0 Å². The van der Waals surface area contributed by atoms with Gasteiger partial charge in [-0.15, -0.1) is 0 Å². The van der Waals surface area contributed by atoms with Gasteiger partial charge in [0, 0.05) is 16.6 Å². The average Bonchev–Trinajstić information content (AvgIpc) is 2.67. The standard InChI is InChI=1S/C21H17Cl3N2O2/c1-12-18(20(27)25-11-14-3-5-15(22)6-4-14)21(26-13(2)19(12)24)28-17-9-7-16(23)8-10-17/h3-10H,11H2,1-2H3,(H,25,27). The van der Waals surface area contributed by atoms with Gasteiger partial charge in [-0.05, 0) is 61.4 Å². The van der Waals surface area contributed by atoms with E-state index in [1.165, 1.54) is 0 Å². The third-order valence-electron chi connectivity index (χ3n) is 4.13. The molecular weight excluding hydrogens is 419 g/mol. The normalized spacial score (nSPS) is 10.6. The fraction of sp³-hybridized carbons (Fsp3) is 0.143. The third kappa shape index (κ3) is 4.76. The van der Waals surface area contributed by atoms with Crippen LogP contribution in [0, 0.1) is 13.8 Å². The molecule has 0 radical (unpaired) electrons. The Balaban J connectivity index is 1.89. The lowest BCUT2D eigenvalue weighted by molar-refractivity contribution is 0.0947. The van der Waals surface area contributed by atoms with Crippen LogP contribution in [-0.4, -0.2) is 10.9 Å². The molecule has 144 valence electrons. The van der Waals surface area contributed by atoms with Gasteiger partial charge in [-0.3, -0.25) is 4.79 Å². The lowest BCUT2D eigenvalue weighted by Crippen LogP contribution is -2.25. The van der Waals surface area contributed by atoms with Crippen LogP contribution in [0.3, 0.4) is 0 Å². The van der Waals surface area contributed by atoms with Crippen molar-refractivity contribution in [3.8, 4) is 11.6 Å². The number of carbonyl (C=O) groups is 1. The largest absolute Gasteiger partial charge is 0.438 e. The summed E-state index contributed by atoms with van der Waals surface area (Å²) in [5.74, 6) is 0.380. The van der Waals surface area contributed by atoms with Crippen molar-refractivity contribution in [2.75, 3.05) is 0 Å². The highest BCUT2D eigenvalue weighted by Gasteiger charge is 2.22. The minimum Gasteiger partial charge on any atom is -0.438 e. The summed E-state index contributed by atoms with van der Waals surface area (Å²) in [6.45, 7) is 3.86. The Hall–Kier alpha value is -2.27. The molecule has 0 saturated carbocycles. The van der Waals surface area contributed by atoms with E-state index in [2.05, 4.69) is 10.3 Å². The summed E-state index contributed by atoms with van der Waals surface area (Å²) in [5, 5.41) is 4.53. The first kappa shape index (κ1) is 20.5. The molecule has 2 aromatic carbocycles. The topological polar surface area (TPSA) is 51.2 Å². The molecule has 1 heterocycles. The molecular formula is C21H17Cl3N2O2. The van der Waals surface area contributed by atoms with E-state index in [-0.39, 0.29) is 11.8 Å². The van der Waals surface area contributed by atoms with E-state index in [1.807, 2.05) is 12.1 Å². The molecule has 0 atom stereocenters. The van der Waals surface area contributed by atoms with E-state index >= 15 is 0 Å². The summed E-state index contributed by atoms with van der Waals surface area (Å²) >= 11 is 18.1. The highest BCUT2D eigenvalue weighted by atomic mass is 35.5. The highest BCUT2D eigenvalue weighted by Crippen LogP contribution is 2.32. The van der Waals surface area contributed by atoms with Crippen molar-refractivity contribution in [2.24, 2.45) is 0 Å². The van der Waals surface area contributed by atoms with Crippen molar-refractivity contribution in [2.45, 2.75) is 20.4 Å². The van der Waals surface area contributed by atoms with E-state index < -0.39 is 0 Å². The third-order valence-corrected chi connectivity index (χ3v) is 5.19. The molecule has 0 fully saturated rings. The van der Waals surface area contributed by atoms with Crippen LogP contribution in [0.5, 0.6) is 11.6 Å². The first-order chi connectivity index (χ1) is 13.3. The molecule has 1 N–H and O–H groups in total. The van der Waals surface area contributed by atoms with Crippen LogP contribution in [0.2, 0.25) is 15.1 Å². The Morgan fingerprint density at radius 3 is 2.14 bits per heavy atom. The lowest BCUT2D eigenvalue weighted by atomic mass is 10.1. The van der Waals surface area contributed by atoms with E-state index in [9.17, 15) is 4.79 Å². The van der Waals surface area contributed by atoms with Crippen LogP contribution >= 0.6 is 34.8 Å². The van der Waals surface area contributed by atoms with E-state index in [1.54, 1.807) is 50.2 Å². The minimum atomic E-state index is -0.328. The predicted octanol–water partition coefficient (Wildman–Crippen LogP) is 6.38. The number of aryl methyl sites for hydroxylation is 1. The number of benzene rings is 2. The average molecular weight is 436 g/mol. The number of hydrogen-bond donors (Lipinski definition) is 1. The molecule has 4 nitrogen and oxygen atoms in total. The second kappa shape index (κ2) is 8.82. The number of pyridine rings is 1. The zero-order valence-electron chi connectivity index (χ0n) is 15.2. The first-order valence-electron chi connectivity index (χ1n) is 8.48. The number of nitrogens with one attached hydrogen (secondary N) is 1. The molecule has 0 aliphatic carbocycles. The summed E-state index contributed by atoms with van der Waals surface area (Å²) in [5.41, 5.74) is 2.39. The second-order valence-electron chi connectivity index (χ2n) is 6.18.